The number of nitrogens with one attached hydrogen (secondary N) is 1. The molecule has 2 aromatic carbocycles. The van der Waals surface area contributed by atoms with Gasteiger partial charge >= 0.3 is 0 Å². The Bertz CT molecular complexity index is 1230. The van der Waals surface area contributed by atoms with Crippen LogP contribution in [-0.2, 0) is 4.79 Å². The molecule has 29 heavy (non-hydrogen) atoms. The van der Waals surface area contributed by atoms with Crippen LogP contribution in [0.15, 0.2) is 64.0 Å². The third kappa shape index (κ3) is 3.32. The molecular weight excluding hydrogens is 388 g/mol. The van der Waals surface area contributed by atoms with Crippen LogP contribution in [0.3, 0.4) is 0 Å². The van der Waals surface area contributed by atoms with Crippen LogP contribution < -0.4 is 10.6 Å². The van der Waals surface area contributed by atoms with E-state index in [4.69, 9.17) is 11.6 Å². The molecule has 6 nitrogen and oxygen atoms in total. The summed E-state index contributed by atoms with van der Waals surface area (Å²) in [6.07, 6.45) is 1.61. The highest BCUT2D eigenvalue weighted by Crippen LogP contribution is 2.27. The fourth-order valence-electron chi connectivity index (χ4n) is 3.29. The van der Waals surface area contributed by atoms with Gasteiger partial charge in [-0.1, -0.05) is 29.8 Å². The van der Waals surface area contributed by atoms with Gasteiger partial charge in [0.25, 0.3) is 11.5 Å². The Morgan fingerprint density at radius 2 is 1.69 bits per heavy atom. The number of para-hydroxylation sites is 1. The van der Waals surface area contributed by atoms with Crippen LogP contribution in [0.4, 0.5) is 5.69 Å². The molecule has 0 spiro atoms. The number of amides is 1. The maximum atomic E-state index is 13.0. The summed E-state index contributed by atoms with van der Waals surface area (Å²) < 4.78 is 1.43. The highest BCUT2D eigenvalue weighted by molar-refractivity contribution is 6.32. The van der Waals surface area contributed by atoms with Gasteiger partial charge in [0.15, 0.2) is 0 Å². The lowest BCUT2D eigenvalue weighted by Gasteiger charge is -2.14. The number of halogens is 1. The highest BCUT2D eigenvalue weighted by atomic mass is 35.5. The van der Waals surface area contributed by atoms with Gasteiger partial charge in [-0.15, -0.1) is 0 Å². The summed E-state index contributed by atoms with van der Waals surface area (Å²) in [6, 6.07) is 14.5. The van der Waals surface area contributed by atoms with Gasteiger partial charge in [0.1, 0.15) is 0 Å². The number of anilines is 1. The van der Waals surface area contributed by atoms with E-state index < -0.39 is 0 Å². The van der Waals surface area contributed by atoms with Crippen molar-refractivity contribution in [2.24, 2.45) is 5.10 Å². The minimum atomic E-state index is -0.255. The van der Waals surface area contributed by atoms with Crippen LogP contribution in [0.25, 0.3) is 11.8 Å². The molecule has 0 fully saturated rings. The van der Waals surface area contributed by atoms with E-state index in [1.165, 1.54) is 9.69 Å². The zero-order valence-corrected chi connectivity index (χ0v) is 17.0. The summed E-state index contributed by atoms with van der Waals surface area (Å²) in [5.74, 6) is -0.255. The molecule has 1 N–H and O–H groups in total. The van der Waals surface area contributed by atoms with Crippen LogP contribution in [0.2, 0.25) is 5.02 Å². The van der Waals surface area contributed by atoms with Crippen molar-refractivity contribution in [2.45, 2.75) is 20.8 Å². The van der Waals surface area contributed by atoms with Crippen LogP contribution in [0, 0.1) is 13.8 Å². The number of rotatable bonds is 3. The van der Waals surface area contributed by atoms with Gasteiger partial charge in [-0.25, -0.2) is 4.68 Å². The zero-order valence-electron chi connectivity index (χ0n) is 16.2. The van der Waals surface area contributed by atoms with Crippen molar-refractivity contribution in [3.8, 4) is 5.69 Å². The second-order valence-corrected chi connectivity index (χ2v) is 7.35. The van der Waals surface area contributed by atoms with E-state index in [1.54, 1.807) is 44.2 Å². The van der Waals surface area contributed by atoms with E-state index in [0.29, 0.717) is 33.3 Å². The van der Waals surface area contributed by atoms with Gasteiger partial charge in [-0.2, -0.15) is 10.1 Å². The number of carbonyl (C=O) groups is 1. The molecule has 0 radical (unpaired) electrons. The molecule has 1 amide bonds. The van der Waals surface area contributed by atoms with Crippen LogP contribution >= 0.6 is 11.6 Å². The Morgan fingerprint density at radius 1 is 1.00 bits per heavy atom. The summed E-state index contributed by atoms with van der Waals surface area (Å²) in [4.78, 5) is 26.0. The second-order valence-electron chi connectivity index (χ2n) is 6.91. The number of H-pyrrole nitrogens is 1. The molecule has 1 aliphatic rings. The van der Waals surface area contributed by atoms with Crippen molar-refractivity contribution < 1.29 is 4.79 Å². The minimum absolute atomic E-state index is 0.243. The maximum Gasteiger partial charge on any atom is 0.280 e. The molecular formula is C22H19ClN4O2. The Labute approximate surface area is 172 Å². The molecule has 0 bridgehead atoms. The van der Waals surface area contributed by atoms with Gasteiger partial charge < -0.3 is 0 Å². The molecule has 146 valence electrons. The minimum Gasteiger partial charge on any atom is -0.295 e. The number of aromatic nitrogens is 2. The Balaban J connectivity index is 1.75. The van der Waals surface area contributed by atoms with Gasteiger partial charge in [0, 0.05) is 10.7 Å². The van der Waals surface area contributed by atoms with Gasteiger partial charge in [0.05, 0.1) is 28.2 Å². The van der Waals surface area contributed by atoms with E-state index in [2.05, 4.69) is 10.2 Å². The van der Waals surface area contributed by atoms with Crippen LogP contribution in [-0.4, -0.2) is 21.4 Å². The first kappa shape index (κ1) is 19.0. The largest absolute Gasteiger partial charge is 0.295 e. The average molecular weight is 407 g/mol. The summed E-state index contributed by atoms with van der Waals surface area (Å²) in [7, 11) is 0. The summed E-state index contributed by atoms with van der Waals surface area (Å²) >= 11 is 5.93. The second kappa shape index (κ2) is 7.22. The number of carbonyl (C=O) groups excluding carboxylic acids is 1. The molecule has 0 atom stereocenters. The summed E-state index contributed by atoms with van der Waals surface area (Å²) in [6.45, 7) is 5.49. The Kier molecular flexibility index (Phi) is 4.72. The van der Waals surface area contributed by atoms with E-state index in [0.717, 1.165) is 11.3 Å². The van der Waals surface area contributed by atoms with Crippen molar-refractivity contribution in [2.75, 3.05) is 5.01 Å². The number of hydrazone groups is 1. The third-order valence-corrected chi connectivity index (χ3v) is 5.15. The topological polar surface area (TPSA) is 70.5 Å². The predicted molar refractivity (Wildman–Crippen MR) is 116 cm³/mol. The molecule has 0 saturated carbocycles. The van der Waals surface area contributed by atoms with E-state index in [9.17, 15) is 9.59 Å². The summed E-state index contributed by atoms with van der Waals surface area (Å²) in [5, 5.41) is 9.44. The molecule has 7 heteroatoms. The number of aromatic amines is 1. The zero-order chi connectivity index (χ0) is 20.7. The smallest absolute Gasteiger partial charge is 0.280 e. The van der Waals surface area contributed by atoms with Crippen molar-refractivity contribution in [3.05, 3.63) is 86.3 Å². The SMILES string of the molecule is CC1=NN(c2ccccc2C)C(=O)/C1=C/c1c(C)[nH]n(-c2ccc(Cl)cc2)c1=O. The standard InChI is InChI=1S/C22H19ClN4O2/c1-13-6-4-5-7-20(13)27-22(29)19(15(3)25-27)12-18-14(2)24-26(21(18)28)17-10-8-16(23)9-11-17/h4-12,24H,1-3H3/b19-12+. The molecule has 1 aromatic heterocycles. The third-order valence-electron chi connectivity index (χ3n) is 4.90. The number of hydrogen-bond acceptors (Lipinski definition) is 3. The van der Waals surface area contributed by atoms with Gasteiger partial charge in [0.2, 0.25) is 0 Å². The van der Waals surface area contributed by atoms with E-state index >= 15 is 0 Å². The first-order valence-corrected chi connectivity index (χ1v) is 9.49. The van der Waals surface area contributed by atoms with Gasteiger partial charge in [-0.3, -0.25) is 14.7 Å². The quantitative estimate of drug-likeness (QED) is 0.661. The van der Waals surface area contributed by atoms with Crippen molar-refractivity contribution in [1.29, 1.82) is 0 Å². The first-order valence-electron chi connectivity index (χ1n) is 9.11. The molecule has 3 aromatic rings. The van der Waals surface area contributed by atoms with Crippen molar-refractivity contribution >= 4 is 35.0 Å². The molecule has 0 saturated heterocycles. The molecule has 0 aliphatic carbocycles. The number of aryl methyl sites for hydroxylation is 2. The summed E-state index contributed by atoms with van der Waals surface area (Å²) in [5.41, 5.74) is 4.14. The van der Waals surface area contributed by atoms with Crippen LogP contribution in [0.1, 0.15) is 23.7 Å². The van der Waals surface area contributed by atoms with Crippen molar-refractivity contribution in [3.63, 3.8) is 0 Å². The number of hydrogen-bond donors (Lipinski definition) is 1. The van der Waals surface area contributed by atoms with E-state index in [-0.39, 0.29) is 11.5 Å². The van der Waals surface area contributed by atoms with Crippen molar-refractivity contribution in [1.82, 2.24) is 9.78 Å². The predicted octanol–water partition coefficient (Wildman–Crippen LogP) is 4.24. The molecule has 1 aliphatic heterocycles. The highest BCUT2D eigenvalue weighted by Gasteiger charge is 2.30. The monoisotopic (exact) mass is 406 g/mol. The van der Waals surface area contributed by atoms with Crippen LogP contribution in [0.5, 0.6) is 0 Å². The van der Waals surface area contributed by atoms with Gasteiger partial charge in [-0.05, 0) is 62.7 Å². The number of benzene rings is 2. The Hall–Kier alpha value is -3.38. The maximum absolute atomic E-state index is 13.0. The Morgan fingerprint density at radius 3 is 2.38 bits per heavy atom. The average Bonchev–Trinajstić information content (AvgIpc) is 3.14. The van der Waals surface area contributed by atoms with E-state index in [1.807, 2.05) is 31.2 Å². The molecule has 2 heterocycles. The lowest BCUT2D eigenvalue weighted by molar-refractivity contribution is -0.114. The lowest BCUT2D eigenvalue weighted by Crippen LogP contribution is -2.22. The normalized spacial score (nSPS) is 15.3. The fourth-order valence-corrected chi connectivity index (χ4v) is 3.42. The number of nitrogens with zero attached hydrogens (tertiary/aromatic N) is 3. The first-order chi connectivity index (χ1) is 13.9. The lowest BCUT2D eigenvalue weighted by atomic mass is 10.1. The molecule has 4 rings (SSSR count). The molecule has 0 unspecified atom stereocenters. The fraction of sp³-hybridized carbons (Fsp3) is 0.136.